The van der Waals surface area contributed by atoms with Crippen LogP contribution in [0.25, 0.3) is 6.08 Å². The highest BCUT2D eigenvalue weighted by molar-refractivity contribution is 5.91. The highest BCUT2D eigenvalue weighted by Crippen LogP contribution is 2.11. The maximum Gasteiger partial charge on any atom is 0.331 e. The van der Waals surface area contributed by atoms with Crippen LogP contribution in [0.1, 0.15) is 37.8 Å². The van der Waals surface area contributed by atoms with Crippen molar-refractivity contribution in [3.05, 3.63) is 41.0 Å². The summed E-state index contributed by atoms with van der Waals surface area (Å²) in [6, 6.07) is 8.07. The predicted octanol–water partition coefficient (Wildman–Crippen LogP) is 3.52. The van der Waals surface area contributed by atoms with E-state index in [9.17, 15) is 4.79 Å². The van der Waals surface area contributed by atoms with Crippen LogP contribution in [0.5, 0.6) is 0 Å². The molecule has 0 heterocycles. The largest absolute Gasteiger partial charge is 0.478 e. The van der Waals surface area contributed by atoms with Gasteiger partial charge >= 0.3 is 5.97 Å². The van der Waals surface area contributed by atoms with Gasteiger partial charge in [-0.25, -0.2) is 4.79 Å². The van der Waals surface area contributed by atoms with Crippen molar-refractivity contribution in [2.45, 2.75) is 33.1 Å². The molecule has 2 nitrogen and oxygen atoms in total. The molecule has 0 aliphatic carbocycles. The second-order valence-electron chi connectivity index (χ2n) is 3.98. The van der Waals surface area contributed by atoms with Crippen molar-refractivity contribution in [2.24, 2.45) is 0 Å². The van der Waals surface area contributed by atoms with E-state index in [0.29, 0.717) is 5.57 Å². The first-order valence-electron chi connectivity index (χ1n) is 5.64. The molecule has 1 aromatic carbocycles. The van der Waals surface area contributed by atoms with Gasteiger partial charge in [0.1, 0.15) is 0 Å². The van der Waals surface area contributed by atoms with Crippen molar-refractivity contribution in [3.63, 3.8) is 0 Å². The summed E-state index contributed by atoms with van der Waals surface area (Å²) in [5.74, 6) is -0.866. The zero-order valence-corrected chi connectivity index (χ0v) is 9.86. The van der Waals surface area contributed by atoms with E-state index in [4.69, 9.17) is 5.11 Å². The number of aryl methyl sites for hydroxylation is 1. The fourth-order valence-corrected chi connectivity index (χ4v) is 1.47. The number of carboxylic acids is 1. The zero-order valence-electron chi connectivity index (χ0n) is 9.86. The Hall–Kier alpha value is -1.57. The summed E-state index contributed by atoms with van der Waals surface area (Å²) in [5.41, 5.74) is 2.62. The van der Waals surface area contributed by atoms with Crippen molar-refractivity contribution < 1.29 is 9.90 Å². The van der Waals surface area contributed by atoms with Gasteiger partial charge in [0, 0.05) is 5.57 Å². The quantitative estimate of drug-likeness (QED) is 0.768. The summed E-state index contributed by atoms with van der Waals surface area (Å²) >= 11 is 0. The van der Waals surface area contributed by atoms with Crippen LogP contribution in [0, 0.1) is 0 Å². The van der Waals surface area contributed by atoms with Gasteiger partial charge in [-0.2, -0.15) is 0 Å². The van der Waals surface area contributed by atoms with Crippen LogP contribution < -0.4 is 0 Å². The molecule has 0 saturated heterocycles. The van der Waals surface area contributed by atoms with E-state index in [0.717, 1.165) is 12.0 Å². The number of carbonyl (C=O) groups is 1. The average Bonchev–Trinajstić information content (AvgIpc) is 2.28. The Morgan fingerprint density at radius 1 is 1.31 bits per heavy atom. The lowest BCUT2D eigenvalue weighted by molar-refractivity contribution is -0.132. The number of rotatable bonds is 5. The molecule has 0 atom stereocenters. The van der Waals surface area contributed by atoms with Crippen LogP contribution in [0.4, 0.5) is 0 Å². The van der Waals surface area contributed by atoms with Crippen LogP contribution in [0.15, 0.2) is 29.8 Å². The van der Waals surface area contributed by atoms with E-state index in [1.165, 1.54) is 18.4 Å². The van der Waals surface area contributed by atoms with Crippen LogP contribution in [0.3, 0.4) is 0 Å². The first-order chi connectivity index (χ1) is 7.63. The topological polar surface area (TPSA) is 37.3 Å². The first-order valence-corrected chi connectivity index (χ1v) is 5.64. The Bertz CT molecular complexity index is 374. The van der Waals surface area contributed by atoms with Crippen molar-refractivity contribution in [1.82, 2.24) is 0 Å². The van der Waals surface area contributed by atoms with Gasteiger partial charge in [0.05, 0.1) is 0 Å². The number of carboxylic acid groups (broad SMARTS) is 1. The third kappa shape index (κ3) is 3.89. The maximum absolute atomic E-state index is 10.6. The lowest BCUT2D eigenvalue weighted by Gasteiger charge is -2.01. The van der Waals surface area contributed by atoms with E-state index < -0.39 is 5.97 Å². The van der Waals surface area contributed by atoms with Crippen molar-refractivity contribution >= 4 is 12.0 Å². The molecule has 1 aromatic rings. The molecular weight excluding hydrogens is 200 g/mol. The number of hydrogen-bond acceptors (Lipinski definition) is 1. The fourth-order valence-electron chi connectivity index (χ4n) is 1.47. The Labute approximate surface area is 96.6 Å². The molecule has 0 spiro atoms. The van der Waals surface area contributed by atoms with Crippen molar-refractivity contribution in [2.75, 3.05) is 0 Å². The van der Waals surface area contributed by atoms with E-state index in [2.05, 4.69) is 19.1 Å². The normalized spacial score (nSPS) is 11.5. The molecule has 0 unspecified atom stereocenters. The van der Waals surface area contributed by atoms with Crippen LogP contribution in [0.2, 0.25) is 0 Å². The summed E-state index contributed by atoms with van der Waals surface area (Å²) in [5, 5.41) is 8.75. The fraction of sp³-hybridized carbons (Fsp3) is 0.357. The Morgan fingerprint density at radius 3 is 2.44 bits per heavy atom. The number of hydrogen-bond donors (Lipinski definition) is 1. The van der Waals surface area contributed by atoms with Crippen LogP contribution in [-0.4, -0.2) is 11.1 Å². The highest BCUT2D eigenvalue weighted by atomic mass is 16.4. The Balaban J connectivity index is 2.71. The molecule has 0 amide bonds. The zero-order chi connectivity index (χ0) is 12.0. The molecule has 0 bridgehead atoms. The summed E-state index contributed by atoms with van der Waals surface area (Å²) < 4.78 is 0. The summed E-state index contributed by atoms with van der Waals surface area (Å²) in [6.45, 7) is 3.78. The van der Waals surface area contributed by atoms with E-state index in [-0.39, 0.29) is 0 Å². The minimum absolute atomic E-state index is 0.362. The SMILES string of the molecule is CCCCc1ccc(C=C(C)C(=O)O)cc1. The minimum atomic E-state index is -0.866. The molecule has 0 aliphatic heterocycles. The molecule has 0 fully saturated rings. The van der Waals surface area contributed by atoms with E-state index in [1.54, 1.807) is 13.0 Å². The molecule has 2 heteroatoms. The molecule has 0 radical (unpaired) electrons. The molecule has 0 aromatic heterocycles. The molecule has 0 aliphatic rings. The molecule has 1 rings (SSSR count). The maximum atomic E-state index is 10.6. The lowest BCUT2D eigenvalue weighted by Crippen LogP contribution is -1.95. The molecule has 86 valence electrons. The molecule has 0 saturated carbocycles. The van der Waals surface area contributed by atoms with Gasteiger partial charge in [-0.15, -0.1) is 0 Å². The van der Waals surface area contributed by atoms with E-state index in [1.807, 2.05) is 12.1 Å². The number of aliphatic carboxylic acids is 1. The molecule has 16 heavy (non-hydrogen) atoms. The van der Waals surface area contributed by atoms with E-state index >= 15 is 0 Å². The van der Waals surface area contributed by atoms with Crippen molar-refractivity contribution in [3.8, 4) is 0 Å². The monoisotopic (exact) mass is 218 g/mol. The molecular formula is C14H18O2. The van der Waals surface area contributed by atoms with Crippen molar-refractivity contribution in [1.29, 1.82) is 0 Å². The van der Waals surface area contributed by atoms with Gasteiger partial charge in [0.2, 0.25) is 0 Å². The standard InChI is InChI=1S/C14H18O2/c1-3-4-5-12-6-8-13(9-7-12)10-11(2)14(15)16/h6-10H,3-5H2,1-2H3,(H,15,16). The highest BCUT2D eigenvalue weighted by Gasteiger charge is 1.99. The van der Waals surface area contributed by atoms with Gasteiger partial charge in [-0.1, -0.05) is 37.6 Å². The van der Waals surface area contributed by atoms with Gasteiger partial charge in [-0.05, 0) is 37.0 Å². The molecule has 1 N–H and O–H groups in total. The number of benzene rings is 1. The van der Waals surface area contributed by atoms with Gasteiger partial charge in [0.25, 0.3) is 0 Å². The Kier molecular flexibility index (Phi) is 4.77. The second-order valence-corrected chi connectivity index (χ2v) is 3.98. The van der Waals surface area contributed by atoms with Gasteiger partial charge < -0.3 is 5.11 Å². The Morgan fingerprint density at radius 2 is 1.94 bits per heavy atom. The lowest BCUT2D eigenvalue weighted by atomic mass is 10.1. The summed E-state index contributed by atoms with van der Waals surface area (Å²) in [7, 11) is 0. The average molecular weight is 218 g/mol. The second kappa shape index (κ2) is 6.11. The smallest absolute Gasteiger partial charge is 0.331 e. The number of unbranched alkanes of at least 4 members (excludes halogenated alkanes) is 1. The third-order valence-corrected chi connectivity index (χ3v) is 2.52. The van der Waals surface area contributed by atoms with Gasteiger partial charge in [0.15, 0.2) is 0 Å². The summed E-state index contributed by atoms with van der Waals surface area (Å²) in [6.07, 6.45) is 5.17. The third-order valence-electron chi connectivity index (χ3n) is 2.52. The predicted molar refractivity (Wildman–Crippen MR) is 66.3 cm³/mol. The minimum Gasteiger partial charge on any atom is -0.478 e. The first kappa shape index (κ1) is 12.5. The van der Waals surface area contributed by atoms with Gasteiger partial charge in [-0.3, -0.25) is 0 Å². The van der Waals surface area contributed by atoms with Crippen LogP contribution in [-0.2, 0) is 11.2 Å². The van der Waals surface area contributed by atoms with Crippen LogP contribution >= 0.6 is 0 Å². The summed E-state index contributed by atoms with van der Waals surface area (Å²) in [4.78, 5) is 10.6.